The summed E-state index contributed by atoms with van der Waals surface area (Å²) in [6.45, 7) is 3.93. The number of hydrogen-bond acceptors (Lipinski definition) is 3. The van der Waals surface area contributed by atoms with Crippen LogP contribution in [0.15, 0.2) is 30.3 Å². The summed E-state index contributed by atoms with van der Waals surface area (Å²) in [7, 11) is 0. The summed E-state index contributed by atoms with van der Waals surface area (Å²) >= 11 is 0. The molecule has 0 aliphatic carbocycles. The average Bonchev–Trinajstić information content (AvgIpc) is 2.68. The lowest BCUT2D eigenvalue weighted by Gasteiger charge is -2.07. The largest absolute Gasteiger partial charge is 0.366 e. The van der Waals surface area contributed by atoms with E-state index < -0.39 is 5.91 Å². The van der Waals surface area contributed by atoms with Gasteiger partial charge in [-0.05, 0) is 44.2 Å². The minimum Gasteiger partial charge on any atom is -0.366 e. The quantitative estimate of drug-likeness (QED) is 0.877. The maximum absolute atomic E-state index is 11.9. The molecule has 0 aliphatic rings. The van der Waals surface area contributed by atoms with Crippen molar-refractivity contribution in [3.05, 3.63) is 47.3 Å². The standard InChI is InChI=1S/C14H16N4O2/c1-9-7-10(2)18(17-9)8-13(19)16-12-5-3-11(4-6-12)14(15)20/h3-7H,8H2,1-2H3,(H2,15,20)(H,16,19). The van der Waals surface area contributed by atoms with Crippen LogP contribution in [0.3, 0.4) is 0 Å². The number of amides is 2. The van der Waals surface area contributed by atoms with Gasteiger partial charge in [0.25, 0.3) is 0 Å². The fourth-order valence-corrected chi connectivity index (χ4v) is 1.89. The van der Waals surface area contributed by atoms with Crippen LogP contribution in [0.5, 0.6) is 0 Å². The molecule has 6 nitrogen and oxygen atoms in total. The third-order valence-corrected chi connectivity index (χ3v) is 2.85. The van der Waals surface area contributed by atoms with Crippen molar-refractivity contribution >= 4 is 17.5 Å². The summed E-state index contributed by atoms with van der Waals surface area (Å²) in [5, 5.41) is 6.96. The molecule has 2 rings (SSSR count). The molecule has 1 heterocycles. The second kappa shape index (κ2) is 5.56. The highest BCUT2D eigenvalue weighted by molar-refractivity contribution is 5.94. The molecule has 104 valence electrons. The lowest BCUT2D eigenvalue weighted by molar-refractivity contribution is -0.116. The van der Waals surface area contributed by atoms with Gasteiger partial charge in [-0.3, -0.25) is 14.3 Å². The van der Waals surface area contributed by atoms with Gasteiger partial charge in [0, 0.05) is 16.9 Å². The summed E-state index contributed by atoms with van der Waals surface area (Å²) in [6, 6.07) is 8.33. The Balaban J connectivity index is 2.01. The van der Waals surface area contributed by atoms with Crippen LogP contribution in [0.2, 0.25) is 0 Å². The summed E-state index contributed by atoms with van der Waals surface area (Å²) < 4.78 is 1.64. The number of aromatic nitrogens is 2. The van der Waals surface area contributed by atoms with E-state index in [0.29, 0.717) is 11.3 Å². The van der Waals surface area contributed by atoms with Gasteiger partial charge in [-0.25, -0.2) is 0 Å². The van der Waals surface area contributed by atoms with Gasteiger partial charge in [0.1, 0.15) is 6.54 Å². The van der Waals surface area contributed by atoms with E-state index in [-0.39, 0.29) is 12.5 Å². The van der Waals surface area contributed by atoms with Crippen molar-refractivity contribution in [2.24, 2.45) is 5.73 Å². The second-order valence-electron chi connectivity index (χ2n) is 4.57. The van der Waals surface area contributed by atoms with Crippen molar-refractivity contribution in [3.63, 3.8) is 0 Å². The van der Waals surface area contributed by atoms with E-state index >= 15 is 0 Å². The van der Waals surface area contributed by atoms with Gasteiger partial charge in [-0.1, -0.05) is 0 Å². The van der Waals surface area contributed by atoms with Crippen LogP contribution in [-0.4, -0.2) is 21.6 Å². The van der Waals surface area contributed by atoms with Crippen molar-refractivity contribution in [2.45, 2.75) is 20.4 Å². The lowest BCUT2D eigenvalue weighted by Crippen LogP contribution is -2.20. The number of benzene rings is 1. The molecule has 6 heteroatoms. The van der Waals surface area contributed by atoms with E-state index in [1.54, 1.807) is 28.9 Å². The number of aryl methyl sites for hydroxylation is 2. The van der Waals surface area contributed by atoms with Crippen LogP contribution in [0, 0.1) is 13.8 Å². The highest BCUT2D eigenvalue weighted by Crippen LogP contribution is 2.09. The zero-order valence-corrected chi connectivity index (χ0v) is 11.4. The van der Waals surface area contributed by atoms with Gasteiger partial charge in [-0.15, -0.1) is 0 Å². The Morgan fingerprint density at radius 3 is 2.40 bits per heavy atom. The molecular weight excluding hydrogens is 256 g/mol. The van der Waals surface area contributed by atoms with Crippen LogP contribution >= 0.6 is 0 Å². The predicted molar refractivity (Wildman–Crippen MR) is 75.3 cm³/mol. The summed E-state index contributed by atoms with van der Waals surface area (Å²) in [5.74, 6) is -0.673. The van der Waals surface area contributed by atoms with Crippen LogP contribution in [0.4, 0.5) is 5.69 Å². The Kier molecular flexibility index (Phi) is 3.84. The third kappa shape index (κ3) is 3.23. The molecule has 0 radical (unpaired) electrons. The van der Waals surface area contributed by atoms with Crippen molar-refractivity contribution in [1.82, 2.24) is 9.78 Å². The molecule has 0 atom stereocenters. The van der Waals surface area contributed by atoms with E-state index in [2.05, 4.69) is 10.4 Å². The summed E-state index contributed by atoms with van der Waals surface area (Å²) in [6.07, 6.45) is 0. The minimum absolute atomic E-state index is 0.150. The number of rotatable bonds is 4. The first-order chi connectivity index (χ1) is 9.45. The highest BCUT2D eigenvalue weighted by atomic mass is 16.2. The Hall–Kier alpha value is -2.63. The van der Waals surface area contributed by atoms with Gasteiger partial charge in [0.15, 0.2) is 0 Å². The Labute approximate surface area is 116 Å². The van der Waals surface area contributed by atoms with Crippen molar-refractivity contribution < 1.29 is 9.59 Å². The number of carbonyl (C=O) groups is 2. The lowest BCUT2D eigenvalue weighted by atomic mass is 10.2. The van der Waals surface area contributed by atoms with Gasteiger partial charge < -0.3 is 11.1 Å². The molecule has 1 aromatic heterocycles. The number of primary amides is 1. The Bertz CT molecular complexity index is 644. The first-order valence-electron chi connectivity index (χ1n) is 6.16. The minimum atomic E-state index is -0.495. The predicted octanol–water partition coefficient (Wildman–Crippen LogP) is 1.24. The SMILES string of the molecule is Cc1cc(C)n(CC(=O)Nc2ccc(C(N)=O)cc2)n1. The van der Waals surface area contributed by atoms with E-state index in [4.69, 9.17) is 5.73 Å². The van der Waals surface area contributed by atoms with Gasteiger partial charge in [0.05, 0.1) is 5.69 Å². The molecule has 20 heavy (non-hydrogen) atoms. The van der Waals surface area contributed by atoms with Crippen molar-refractivity contribution in [1.29, 1.82) is 0 Å². The maximum atomic E-state index is 11.9. The Morgan fingerprint density at radius 2 is 1.90 bits per heavy atom. The number of nitrogens with one attached hydrogen (secondary N) is 1. The van der Waals surface area contributed by atoms with E-state index in [1.165, 1.54) is 0 Å². The smallest absolute Gasteiger partial charge is 0.248 e. The van der Waals surface area contributed by atoms with Crippen LogP contribution in [0.1, 0.15) is 21.7 Å². The van der Waals surface area contributed by atoms with Gasteiger partial charge >= 0.3 is 0 Å². The first-order valence-corrected chi connectivity index (χ1v) is 6.16. The Morgan fingerprint density at radius 1 is 1.25 bits per heavy atom. The van der Waals surface area contributed by atoms with Crippen LogP contribution < -0.4 is 11.1 Å². The molecule has 1 aromatic carbocycles. The summed E-state index contributed by atoms with van der Waals surface area (Å²) in [5.41, 5.74) is 7.97. The first kappa shape index (κ1) is 13.8. The maximum Gasteiger partial charge on any atom is 0.248 e. The molecule has 0 unspecified atom stereocenters. The average molecular weight is 272 g/mol. The molecule has 2 aromatic rings. The molecule has 0 spiro atoms. The monoisotopic (exact) mass is 272 g/mol. The highest BCUT2D eigenvalue weighted by Gasteiger charge is 2.08. The number of anilines is 1. The fraction of sp³-hybridized carbons (Fsp3) is 0.214. The van der Waals surface area contributed by atoms with Crippen molar-refractivity contribution in [2.75, 3.05) is 5.32 Å². The van der Waals surface area contributed by atoms with Crippen LogP contribution in [-0.2, 0) is 11.3 Å². The molecule has 2 amide bonds. The molecule has 0 saturated carbocycles. The molecular formula is C14H16N4O2. The van der Waals surface area contributed by atoms with Gasteiger partial charge in [-0.2, -0.15) is 5.10 Å². The third-order valence-electron chi connectivity index (χ3n) is 2.85. The van der Waals surface area contributed by atoms with E-state index in [9.17, 15) is 9.59 Å². The normalized spacial score (nSPS) is 10.3. The number of carbonyl (C=O) groups excluding carboxylic acids is 2. The van der Waals surface area contributed by atoms with E-state index in [1.807, 2.05) is 19.9 Å². The number of nitrogens with two attached hydrogens (primary N) is 1. The molecule has 0 aliphatic heterocycles. The topological polar surface area (TPSA) is 90.0 Å². The summed E-state index contributed by atoms with van der Waals surface area (Å²) in [4.78, 5) is 22.8. The second-order valence-corrected chi connectivity index (χ2v) is 4.57. The zero-order valence-electron chi connectivity index (χ0n) is 11.4. The fourth-order valence-electron chi connectivity index (χ4n) is 1.89. The molecule has 0 saturated heterocycles. The van der Waals surface area contributed by atoms with Crippen molar-refractivity contribution in [3.8, 4) is 0 Å². The molecule has 0 bridgehead atoms. The van der Waals surface area contributed by atoms with Gasteiger partial charge in [0.2, 0.25) is 11.8 Å². The van der Waals surface area contributed by atoms with Crippen LogP contribution in [0.25, 0.3) is 0 Å². The zero-order chi connectivity index (χ0) is 14.7. The number of hydrogen-bond donors (Lipinski definition) is 2. The van der Waals surface area contributed by atoms with E-state index in [0.717, 1.165) is 11.4 Å². The number of nitrogens with zero attached hydrogens (tertiary/aromatic N) is 2. The molecule has 3 N–H and O–H groups in total. The molecule has 0 fully saturated rings.